The molecule has 21 heavy (non-hydrogen) atoms. The van der Waals surface area contributed by atoms with E-state index in [0.717, 1.165) is 0 Å². The van der Waals surface area contributed by atoms with Crippen molar-refractivity contribution in [1.29, 1.82) is 0 Å². The third-order valence-electron chi connectivity index (χ3n) is 2.36. The minimum atomic E-state index is -0.988. The van der Waals surface area contributed by atoms with Gasteiger partial charge < -0.3 is 4.74 Å². The maximum atomic E-state index is 11.0. The predicted octanol–water partition coefficient (Wildman–Crippen LogP) is 0.642. The first-order valence-corrected chi connectivity index (χ1v) is 5.49. The summed E-state index contributed by atoms with van der Waals surface area (Å²) in [5.41, 5.74) is -0.254. The van der Waals surface area contributed by atoms with Crippen LogP contribution in [0.15, 0.2) is 12.1 Å². The molecule has 0 unspecified atom stereocenters. The first-order chi connectivity index (χ1) is 9.77. The van der Waals surface area contributed by atoms with Crippen molar-refractivity contribution in [3.8, 4) is 5.75 Å². The van der Waals surface area contributed by atoms with Gasteiger partial charge in [-0.2, -0.15) is 0 Å². The highest BCUT2D eigenvalue weighted by Gasteiger charge is 2.33. The summed E-state index contributed by atoms with van der Waals surface area (Å²) in [5, 5.41) is 32.6. The first-order valence-electron chi connectivity index (χ1n) is 5.49. The van der Waals surface area contributed by atoms with Gasteiger partial charge in [0.1, 0.15) is 6.10 Å². The van der Waals surface area contributed by atoms with E-state index in [1.54, 1.807) is 0 Å². The van der Waals surface area contributed by atoms with Crippen LogP contribution in [-0.2, 0) is 0 Å². The number of hydrogen-bond donors (Lipinski definition) is 2. The van der Waals surface area contributed by atoms with Crippen LogP contribution in [0.2, 0.25) is 0 Å². The van der Waals surface area contributed by atoms with Gasteiger partial charge in [0.2, 0.25) is 0 Å². The van der Waals surface area contributed by atoms with E-state index in [-0.39, 0.29) is 6.54 Å². The molecule has 0 fully saturated rings. The molecule has 0 aliphatic heterocycles. The lowest BCUT2D eigenvalue weighted by molar-refractivity contribution is -0.404. The van der Waals surface area contributed by atoms with E-state index in [2.05, 4.69) is 5.43 Å². The lowest BCUT2D eigenvalue weighted by Gasteiger charge is -2.13. The lowest BCUT2D eigenvalue weighted by atomic mass is 10.2. The molecule has 0 aromatic heterocycles. The van der Waals surface area contributed by atoms with Crippen molar-refractivity contribution in [3.63, 3.8) is 0 Å². The van der Waals surface area contributed by atoms with Crippen molar-refractivity contribution in [2.75, 3.05) is 6.54 Å². The highest BCUT2D eigenvalue weighted by molar-refractivity contribution is 5.65. The van der Waals surface area contributed by atoms with Gasteiger partial charge in [0.25, 0.3) is 11.4 Å². The molecule has 0 spiro atoms. The molecule has 3 N–H and O–H groups in total. The van der Waals surface area contributed by atoms with Crippen LogP contribution >= 0.6 is 0 Å². The molecule has 12 heteroatoms. The zero-order chi connectivity index (χ0) is 16.2. The number of nitrogens with zero attached hydrogens (tertiary/aromatic N) is 3. The minimum Gasteiger partial charge on any atom is -0.478 e. The molecule has 1 atom stereocenters. The summed E-state index contributed by atoms with van der Waals surface area (Å²) in [6.07, 6.45) is -0.728. The van der Waals surface area contributed by atoms with Gasteiger partial charge in [0.15, 0.2) is 0 Å². The van der Waals surface area contributed by atoms with Crippen molar-refractivity contribution < 1.29 is 19.5 Å². The number of nitro groups is 3. The Morgan fingerprint density at radius 1 is 1.14 bits per heavy atom. The zero-order valence-corrected chi connectivity index (χ0v) is 10.7. The number of hydrogen-bond acceptors (Lipinski definition) is 9. The Labute approximate surface area is 116 Å². The number of rotatable bonds is 7. The lowest BCUT2D eigenvalue weighted by Crippen LogP contribution is -2.33. The summed E-state index contributed by atoms with van der Waals surface area (Å²) in [6, 6.07) is 1.20. The van der Waals surface area contributed by atoms with Gasteiger partial charge in [-0.3, -0.25) is 41.6 Å². The third kappa shape index (κ3) is 3.80. The molecule has 0 heterocycles. The average molecular weight is 301 g/mol. The fourth-order valence-electron chi connectivity index (χ4n) is 1.49. The topological polar surface area (TPSA) is 177 Å². The van der Waals surface area contributed by atoms with Crippen molar-refractivity contribution in [3.05, 3.63) is 42.5 Å². The number of benzene rings is 1. The standard InChI is InChI=1S/C9H11N5O7/c1-5(4-11-10)21-9-7(13(17)18)2-6(12(15)16)3-8(9)14(19)20/h2-3,5,11H,4,10H2,1H3/t5-/m0/s1. The highest BCUT2D eigenvalue weighted by Crippen LogP contribution is 2.40. The van der Waals surface area contributed by atoms with E-state index in [1.807, 2.05) is 0 Å². The van der Waals surface area contributed by atoms with Gasteiger partial charge in [0.05, 0.1) is 26.9 Å². The fraction of sp³-hybridized carbons (Fsp3) is 0.333. The number of nitrogens with two attached hydrogens (primary N) is 1. The molecule has 1 aromatic rings. The summed E-state index contributed by atoms with van der Waals surface area (Å²) >= 11 is 0. The van der Waals surface area contributed by atoms with Gasteiger partial charge in [-0.25, -0.2) is 0 Å². The van der Waals surface area contributed by atoms with Crippen molar-refractivity contribution in [1.82, 2.24) is 5.43 Å². The summed E-state index contributed by atoms with van der Waals surface area (Å²) in [6.45, 7) is 1.53. The molecule has 12 nitrogen and oxygen atoms in total. The maximum Gasteiger partial charge on any atom is 0.325 e. The van der Waals surface area contributed by atoms with Crippen LogP contribution in [0.1, 0.15) is 6.92 Å². The average Bonchev–Trinajstić information content (AvgIpc) is 2.37. The van der Waals surface area contributed by atoms with Gasteiger partial charge in [-0.05, 0) is 6.92 Å². The fourth-order valence-corrected chi connectivity index (χ4v) is 1.49. The Hall–Kier alpha value is -2.86. The largest absolute Gasteiger partial charge is 0.478 e. The van der Waals surface area contributed by atoms with Crippen LogP contribution < -0.4 is 16.0 Å². The molecule has 0 bridgehead atoms. The van der Waals surface area contributed by atoms with Crippen LogP contribution in [-0.4, -0.2) is 27.4 Å². The van der Waals surface area contributed by atoms with E-state index < -0.39 is 43.7 Å². The maximum absolute atomic E-state index is 11.0. The normalized spacial score (nSPS) is 11.7. The molecule has 0 aliphatic rings. The van der Waals surface area contributed by atoms with Crippen LogP contribution in [0.4, 0.5) is 17.1 Å². The van der Waals surface area contributed by atoms with E-state index in [9.17, 15) is 30.3 Å². The molecule has 0 radical (unpaired) electrons. The second kappa shape index (κ2) is 6.53. The monoisotopic (exact) mass is 301 g/mol. The van der Waals surface area contributed by atoms with Gasteiger partial charge >= 0.3 is 11.4 Å². The van der Waals surface area contributed by atoms with E-state index >= 15 is 0 Å². The summed E-state index contributed by atoms with van der Waals surface area (Å²) in [7, 11) is 0. The quantitative estimate of drug-likeness (QED) is 0.415. The number of hydrazine groups is 1. The van der Waals surface area contributed by atoms with Crippen LogP contribution in [0.3, 0.4) is 0 Å². The van der Waals surface area contributed by atoms with E-state index in [1.165, 1.54) is 6.92 Å². The van der Waals surface area contributed by atoms with Gasteiger partial charge in [0, 0.05) is 6.54 Å². The first kappa shape index (κ1) is 16.2. The predicted molar refractivity (Wildman–Crippen MR) is 68.7 cm³/mol. The molecule has 0 saturated carbocycles. The van der Waals surface area contributed by atoms with Gasteiger partial charge in [-0.1, -0.05) is 0 Å². The summed E-state index contributed by atoms with van der Waals surface area (Å²) < 4.78 is 5.13. The molecule has 1 aromatic carbocycles. The molecule has 114 valence electrons. The number of nitrogens with one attached hydrogen (secondary N) is 1. The van der Waals surface area contributed by atoms with E-state index in [4.69, 9.17) is 10.6 Å². The Kier molecular flexibility index (Phi) is 5.04. The second-order valence-electron chi connectivity index (χ2n) is 3.92. The van der Waals surface area contributed by atoms with Crippen LogP contribution in [0.25, 0.3) is 0 Å². The Morgan fingerprint density at radius 3 is 1.95 bits per heavy atom. The van der Waals surface area contributed by atoms with Crippen molar-refractivity contribution in [2.45, 2.75) is 13.0 Å². The number of nitro benzene ring substituents is 3. The van der Waals surface area contributed by atoms with Crippen molar-refractivity contribution >= 4 is 17.1 Å². The minimum absolute atomic E-state index is 0.0608. The SMILES string of the molecule is C[C@@H](CNN)Oc1c([N+](=O)[O-])cc([N+](=O)[O-])cc1[N+](=O)[O-]. The third-order valence-corrected chi connectivity index (χ3v) is 2.36. The molecular formula is C9H11N5O7. The van der Waals surface area contributed by atoms with Crippen LogP contribution in [0.5, 0.6) is 5.75 Å². The summed E-state index contributed by atoms with van der Waals surface area (Å²) in [5.74, 6) is 4.40. The highest BCUT2D eigenvalue weighted by atomic mass is 16.6. The molecule has 0 aliphatic carbocycles. The molecule has 0 amide bonds. The smallest absolute Gasteiger partial charge is 0.325 e. The Balaban J connectivity index is 3.46. The molecule has 0 saturated heterocycles. The summed E-state index contributed by atoms with van der Waals surface area (Å²) in [4.78, 5) is 29.6. The molecular weight excluding hydrogens is 290 g/mol. The van der Waals surface area contributed by atoms with Crippen molar-refractivity contribution in [2.24, 2.45) is 5.84 Å². The Morgan fingerprint density at radius 2 is 1.62 bits per heavy atom. The molecule has 1 rings (SSSR count). The number of non-ortho nitro benzene ring substituents is 1. The zero-order valence-electron chi connectivity index (χ0n) is 10.7. The van der Waals surface area contributed by atoms with Gasteiger partial charge in [-0.15, -0.1) is 0 Å². The van der Waals surface area contributed by atoms with Crippen LogP contribution in [0, 0.1) is 30.3 Å². The second-order valence-corrected chi connectivity index (χ2v) is 3.92. The number of ether oxygens (including phenoxy) is 1. The van der Waals surface area contributed by atoms with E-state index in [0.29, 0.717) is 12.1 Å². The Bertz CT molecular complexity index is 555.